The van der Waals surface area contributed by atoms with Gasteiger partial charge in [0.05, 0.1) is 6.04 Å². The monoisotopic (exact) mass is 403 g/mol. The Bertz CT molecular complexity index is 914. The van der Waals surface area contributed by atoms with E-state index in [9.17, 15) is 9.59 Å². The van der Waals surface area contributed by atoms with Crippen LogP contribution in [-0.2, 0) is 27.5 Å². The molecule has 0 saturated heterocycles. The van der Waals surface area contributed by atoms with Crippen molar-refractivity contribution in [3.05, 3.63) is 108 Å². The highest BCUT2D eigenvalue weighted by atomic mass is 16.5. The van der Waals surface area contributed by atoms with Gasteiger partial charge in [-0.2, -0.15) is 0 Å². The number of esters is 1. The Morgan fingerprint density at radius 1 is 0.700 bits per heavy atom. The van der Waals surface area contributed by atoms with Gasteiger partial charge >= 0.3 is 12.1 Å². The van der Waals surface area contributed by atoms with Crippen LogP contribution in [0.25, 0.3) is 0 Å². The van der Waals surface area contributed by atoms with Crippen LogP contribution in [0.3, 0.4) is 0 Å². The van der Waals surface area contributed by atoms with Crippen molar-refractivity contribution < 1.29 is 19.1 Å². The average molecular weight is 403 g/mol. The van der Waals surface area contributed by atoms with E-state index in [-0.39, 0.29) is 31.6 Å². The topological polar surface area (TPSA) is 64.6 Å². The highest BCUT2D eigenvalue weighted by molar-refractivity contribution is 5.70. The maximum atomic E-state index is 12.3. The van der Waals surface area contributed by atoms with Crippen molar-refractivity contribution in [2.75, 3.05) is 0 Å². The number of ether oxygens (including phenoxy) is 2. The molecule has 0 bridgehead atoms. The van der Waals surface area contributed by atoms with Crippen LogP contribution in [-0.4, -0.2) is 12.1 Å². The second-order valence-corrected chi connectivity index (χ2v) is 6.85. The zero-order chi connectivity index (χ0) is 21.0. The molecular formula is C25H25NO4. The molecule has 0 heterocycles. The molecule has 5 nitrogen and oxygen atoms in total. The molecule has 3 rings (SSSR count). The lowest BCUT2D eigenvalue weighted by atomic mass is 10.0. The van der Waals surface area contributed by atoms with E-state index in [1.165, 1.54) is 0 Å². The first kappa shape index (κ1) is 21.1. The van der Waals surface area contributed by atoms with Gasteiger partial charge in [0, 0.05) is 6.42 Å². The molecule has 1 atom stereocenters. The summed E-state index contributed by atoms with van der Waals surface area (Å²) >= 11 is 0. The van der Waals surface area contributed by atoms with Crippen LogP contribution in [0.15, 0.2) is 91.0 Å². The molecule has 0 aliphatic carbocycles. The molecule has 1 amide bonds. The first-order valence-corrected chi connectivity index (χ1v) is 9.92. The molecule has 0 saturated carbocycles. The molecule has 0 aromatic heterocycles. The number of carbonyl (C=O) groups is 2. The quantitative estimate of drug-likeness (QED) is 0.500. The van der Waals surface area contributed by atoms with Crippen LogP contribution >= 0.6 is 0 Å². The van der Waals surface area contributed by atoms with Gasteiger partial charge in [0.25, 0.3) is 0 Å². The Labute approximate surface area is 176 Å². The lowest BCUT2D eigenvalue weighted by Crippen LogP contribution is -2.29. The summed E-state index contributed by atoms with van der Waals surface area (Å²) in [4.78, 5) is 24.5. The van der Waals surface area contributed by atoms with Crippen LogP contribution in [0, 0.1) is 0 Å². The molecule has 0 aliphatic rings. The summed E-state index contributed by atoms with van der Waals surface area (Å²) < 4.78 is 10.7. The van der Waals surface area contributed by atoms with Gasteiger partial charge in [-0.05, 0) is 23.1 Å². The number of amides is 1. The molecular weight excluding hydrogens is 378 g/mol. The fourth-order valence-corrected chi connectivity index (χ4v) is 2.99. The summed E-state index contributed by atoms with van der Waals surface area (Å²) in [6.07, 6.45) is 0.0778. The maximum absolute atomic E-state index is 12.3. The van der Waals surface area contributed by atoms with Crippen LogP contribution in [0.2, 0.25) is 0 Å². The first-order chi connectivity index (χ1) is 14.7. The van der Waals surface area contributed by atoms with Gasteiger partial charge in [0.15, 0.2) is 0 Å². The lowest BCUT2D eigenvalue weighted by Gasteiger charge is -2.19. The fourth-order valence-electron chi connectivity index (χ4n) is 2.99. The average Bonchev–Trinajstić information content (AvgIpc) is 2.81. The smallest absolute Gasteiger partial charge is 0.407 e. The Balaban J connectivity index is 1.52. The predicted octanol–water partition coefficient (Wildman–Crippen LogP) is 5.18. The zero-order valence-corrected chi connectivity index (χ0v) is 16.7. The van der Waals surface area contributed by atoms with E-state index in [2.05, 4.69) is 5.32 Å². The summed E-state index contributed by atoms with van der Waals surface area (Å²) in [7, 11) is 0. The number of carbonyl (C=O) groups excluding carboxylic acids is 2. The van der Waals surface area contributed by atoms with Crippen molar-refractivity contribution in [1.29, 1.82) is 0 Å². The van der Waals surface area contributed by atoms with Crippen molar-refractivity contribution >= 4 is 12.1 Å². The van der Waals surface area contributed by atoms with Gasteiger partial charge in [-0.25, -0.2) is 4.79 Å². The van der Waals surface area contributed by atoms with Gasteiger partial charge in [-0.1, -0.05) is 91.0 Å². The maximum Gasteiger partial charge on any atom is 0.407 e. The molecule has 154 valence electrons. The molecule has 5 heteroatoms. The Hall–Kier alpha value is -3.60. The van der Waals surface area contributed by atoms with Crippen LogP contribution in [0.4, 0.5) is 4.79 Å². The first-order valence-electron chi connectivity index (χ1n) is 9.92. The molecule has 30 heavy (non-hydrogen) atoms. The standard InChI is InChI=1S/C25H25NO4/c27-24(29-18-20-10-4-1-5-11-20)17-16-23(22-14-8-3-9-15-22)26-25(28)30-19-21-12-6-2-7-13-21/h1-15,23H,16-19H2,(H,26,28). The van der Waals surface area contributed by atoms with E-state index in [0.717, 1.165) is 16.7 Å². The SMILES string of the molecule is O=C(CCC(NC(=O)OCc1ccccc1)c1ccccc1)OCc1ccccc1. The number of nitrogens with one attached hydrogen (secondary N) is 1. The molecule has 0 aliphatic heterocycles. The van der Waals surface area contributed by atoms with Crippen molar-refractivity contribution in [3.8, 4) is 0 Å². The molecule has 0 spiro atoms. The minimum Gasteiger partial charge on any atom is -0.461 e. The van der Waals surface area contributed by atoms with Crippen LogP contribution < -0.4 is 5.32 Å². The Morgan fingerprint density at radius 3 is 1.77 bits per heavy atom. The fraction of sp³-hybridized carbons (Fsp3) is 0.200. The molecule has 0 radical (unpaired) electrons. The largest absolute Gasteiger partial charge is 0.461 e. The summed E-state index contributed by atoms with van der Waals surface area (Å²) in [5, 5.41) is 2.86. The van der Waals surface area contributed by atoms with Crippen molar-refractivity contribution in [2.45, 2.75) is 32.1 Å². The minimum absolute atomic E-state index is 0.186. The normalized spacial score (nSPS) is 11.3. The summed E-state index contributed by atoms with van der Waals surface area (Å²) in [5.74, 6) is -0.306. The van der Waals surface area contributed by atoms with E-state index in [4.69, 9.17) is 9.47 Å². The summed E-state index contributed by atoms with van der Waals surface area (Å²) in [6.45, 7) is 0.426. The van der Waals surface area contributed by atoms with Crippen molar-refractivity contribution in [2.24, 2.45) is 0 Å². The highest BCUT2D eigenvalue weighted by Gasteiger charge is 2.17. The predicted molar refractivity (Wildman–Crippen MR) is 114 cm³/mol. The van der Waals surface area contributed by atoms with E-state index < -0.39 is 6.09 Å². The minimum atomic E-state index is -0.523. The number of hydrogen-bond donors (Lipinski definition) is 1. The highest BCUT2D eigenvalue weighted by Crippen LogP contribution is 2.19. The number of benzene rings is 3. The Kier molecular flexibility index (Phi) is 8.03. The van der Waals surface area contributed by atoms with Crippen LogP contribution in [0.5, 0.6) is 0 Å². The Morgan fingerprint density at radius 2 is 1.20 bits per heavy atom. The lowest BCUT2D eigenvalue weighted by molar-refractivity contribution is -0.145. The molecule has 3 aromatic rings. The number of hydrogen-bond acceptors (Lipinski definition) is 4. The third-order valence-electron chi connectivity index (χ3n) is 4.59. The van der Waals surface area contributed by atoms with Gasteiger partial charge in [0.1, 0.15) is 13.2 Å². The second kappa shape index (κ2) is 11.4. The molecule has 0 fully saturated rings. The molecule has 1 unspecified atom stereocenters. The van der Waals surface area contributed by atoms with Crippen molar-refractivity contribution in [3.63, 3.8) is 0 Å². The summed E-state index contributed by atoms with van der Waals surface area (Å²) in [5.41, 5.74) is 2.76. The molecule has 3 aromatic carbocycles. The van der Waals surface area contributed by atoms with E-state index >= 15 is 0 Å². The van der Waals surface area contributed by atoms with Gasteiger partial charge < -0.3 is 14.8 Å². The third-order valence-corrected chi connectivity index (χ3v) is 4.59. The van der Waals surface area contributed by atoms with Gasteiger partial charge in [-0.15, -0.1) is 0 Å². The van der Waals surface area contributed by atoms with Gasteiger partial charge in [0.2, 0.25) is 0 Å². The second-order valence-electron chi connectivity index (χ2n) is 6.85. The summed E-state index contributed by atoms with van der Waals surface area (Å²) in [6, 6.07) is 28.2. The number of alkyl carbamates (subject to hydrolysis) is 1. The van der Waals surface area contributed by atoms with Gasteiger partial charge in [-0.3, -0.25) is 4.79 Å². The van der Waals surface area contributed by atoms with Crippen molar-refractivity contribution in [1.82, 2.24) is 5.32 Å². The van der Waals surface area contributed by atoms with Crippen LogP contribution in [0.1, 0.15) is 35.6 Å². The van der Waals surface area contributed by atoms with E-state index in [0.29, 0.717) is 6.42 Å². The third kappa shape index (κ3) is 7.09. The van der Waals surface area contributed by atoms with E-state index in [1.54, 1.807) is 0 Å². The molecule has 1 N–H and O–H groups in total. The van der Waals surface area contributed by atoms with E-state index in [1.807, 2.05) is 91.0 Å². The zero-order valence-electron chi connectivity index (χ0n) is 16.7. The number of rotatable bonds is 9.